The van der Waals surface area contributed by atoms with E-state index >= 15 is 0 Å². The minimum Gasteiger partial charge on any atom is -0.217 e. The molecule has 6 heteroatoms. The van der Waals surface area contributed by atoms with Crippen molar-refractivity contribution in [2.75, 3.05) is 5.33 Å². The van der Waals surface area contributed by atoms with E-state index in [0.29, 0.717) is 10.7 Å². The highest BCUT2D eigenvalue weighted by Crippen LogP contribution is 2.17. The molecule has 0 aliphatic heterocycles. The molecule has 0 fully saturated rings. The summed E-state index contributed by atoms with van der Waals surface area (Å²) < 4.78 is 15.0. The Labute approximate surface area is 105 Å². The molecule has 2 rings (SSSR count). The third kappa shape index (κ3) is 2.41. The van der Waals surface area contributed by atoms with Gasteiger partial charge in [-0.2, -0.15) is 0 Å². The molecule has 2 aromatic rings. The zero-order valence-corrected chi connectivity index (χ0v) is 10.5. The molecule has 0 radical (unpaired) electrons. The molecule has 0 saturated heterocycles. The van der Waals surface area contributed by atoms with E-state index in [2.05, 4.69) is 26.2 Å². The maximum atomic E-state index is 13.5. The number of halogens is 3. The van der Waals surface area contributed by atoms with Crippen molar-refractivity contribution in [2.24, 2.45) is 0 Å². The second-order valence-electron chi connectivity index (χ2n) is 3.19. The first-order valence-corrected chi connectivity index (χ1v) is 6.13. The van der Waals surface area contributed by atoms with E-state index in [1.807, 2.05) is 0 Å². The van der Waals surface area contributed by atoms with Gasteiger partial charge in [0.2, 0.25) is 0 Å². The van der Waals surface area contributed by atoms with Gasteiger partial charge in [-0.3, -0.25) is 0 Å². The summed E-state index contributed by atoms with van der Waals surface area (Å²) in [5, 5.41) is 8.95. The van der Waals surface area contributed by atoms with E-state index in [-0.39, 0.29) is 0 Å². The summed E-state index contributed by atoms with van der Waals surface area (Å²) in [6.45, 7) is 0. The van der Waals surface area contributed by atoms with Gasteiger partial charge >= 0.3 is 0 Å². The Morgan fingerprint density at radius 2 is 2.25 bits per heavy atom. The van der Waals surface area contributed by atoms with Crippen LogP contribution in [0.2, 0.25) is 5.02 Å². The number of nitrogens with zero attached hydrogens (tertiary/aromatic N) is 3. The second-order valence-corrected chi connectivity index (χ2v) is 4.42. The smallest absolute Gasteiger partial charge is 0.150 e. The van der Waals surface area contributed by atoms with Crippen LogP contribution in [0.4, 0.5) is 4.39 Å². The molecule has 0 saturated carbocycles. The summed E-state index contributed by atoms with van der Waals surface area (Å²) in [5.74, 6) is -0.414. The standard InChI is InChI=1S/C10H8BrClFN3/c11-4-3-8-6-16(15-14-8)10-2-1-7(12)5-9(10)13/h1-2,5-6H,3-4H2. The third-order valence-electron chi connectivity index (χ3n) is 2.05. The maximum absolute atomic E-state index is 13.5. The second kappa shape index (κ2) is 4.93. The molecule has 0 amide bonds. The fourth-order valence-electron chi connectivity index (χ4n) is 1.29. The van der Waals surface area contributed by atoms with Gasteiger partial charge in [-0.25, -0.2) is 9.07 Å². The fourth-order valence-corrected chi connectivity index (χ4v) is 1.86. The Balaban J connectivity index is 2.35. The van der Waals surface area contributed by atoms with Crippen LogP contribution >= 0.6 is 27.5 Å². The summed E-state index contributed by atoms with van der Waals surface area (Å²) in [6, 6.07) is 4.44. The molecular formula is C10H8BrClFN3. The number of alkyl halides is 1. The van der Waals surface area contributed by atoms with Crippen LogP contribution in [0.25, 0.3) is 5.69 Å². The monoisotopic (exact) mass is 303 g/mol. The lowest BCUT2D eigenvalue weighted by Gasteiger charge is -2.01. The van der Waals surface area contributed by atoms with Crippen molar-refractivity contribution in [3.63, 3.8) is 0 Å². The molecule has 0 aliphatic carbocycles. The molecule has 0 unspecified atom stereocenters. The van der Waals surface area contributed by atoms with Gasteiger partial charge in [0, 0.05) is 16.8 Å². The van der Waals surface area contributed by atoms with E-state index in [4.69, 9.17) is 11.6 Å². The van der Waals surface area contributed by atoms with Gasteiger partial charge in [-0.15, -0.1) is 5.10 Å². The number of rotatable bonds is 3. The van der Waals surface area contributed by atoms with Gasteiger partial charge in [-0.05, 0) is 18.2 Å². The lowest BCUT2D eigenvalue weighted by Crippen LogP contribution is -1.98. The average molecular weight is 305 g/mol. The minimum absolute atomic E-state index is 0.345. The van der Waals surface area contributed by atoms with Gasteiger partial charge in [0.25, 0.3) is 0 Å². The predicted molar refractivity (Wildman–Crippen MR) is 63.8 cm³/mol. The molecule has 84 valence electrons. The zero-order chi connectivity index (χ0) is 11.5. The molecule has 1 aromatic heterocycles. The van der Waals surface area contributed by atoms with Crippen molar-refractivity contribution < 1.29 is 4.39 Å². The van der Waals surface area contributed by atoms with Gasteiger partial charge in [0.15, 0.2) is 0 Å². The van der Waals surface area contributed by atoms with Crippen LogP contribution in [-0.2, 0) is 6.42 Å². The van der Waals surface area contributed by atoms with E-state index in [9.17, 15) is 4.39 Å². The van der Waals surface area contributed by atoms with Gasteiger partial charge < -0.3 is 0 Å². The summed E-state index contributed by atoms with van der Waals surface area (Å²) in [5.41, 5.74) is 1.16. The van der Waals surface area contributed by atoms with Gasteiger partial charge in [0.05, 0.1) is 11.9 Å². The highest BCUT2D eigenvalue weighted by molar-refractivity contribution is 9.09. The molecule has 0 aliphatic rings. The lowest BCUT2D eigenvalue weighted by molar-refractivity contribution is 0.607. The molecule has 1 aromatic carbocycles. The number of hydrogen-bond acceptors (Lipinski definition) is 2. The van der Waals surface area contributed by atoms with E-state index in [1.54, 1.807) is 18.3 Å². The Hall–Kier alpha value is -0.940. The van der Waals surface area contributed by atoms with E-state index in [0.717, 1.165) is 17.4 Å². The van der Waals surface area contributed by atoms with Crippen molar-refractivity contribution in [3.05, 3.63) is 40.9 Å². The summed E-state index contributed by atoms with van der Waals surface area (Å²) in [6.07, 6.45) is 2.46. The fraction of sp³-hybridized carbons (Fsp3) is 0.200. The predicted octanol–water partition coefficient (Wildman–Crippen LogP) is 3.00. The molecule has 16 heavy (non-hydrogen) atoms. The minimum atomic E-state index is -0.414. The molecular weight excluding hydrogens is 296 g/mol. The first-order chi connectivity index (χ1) is 7.70. The SMILES string of the molecule is Fc1cc(Cl)ccc1-n1cc(CCBr)nn1. The van der Waals surface area contributed by atoms with Gasteiger partial charge in [-0.1, -0.05) is 32.7 Å². The van der Waals surface area contributed by atoms with Crippen molar-refractivity contribution in [2.45, 2.75) is 6.42 Å². The topological polar surface area (TPSA) is 30.7 Å². The number of aromatic nitrogens is 3. The van der Waals surface area contributed by atoms with Crippen LogP contribution in [0.5, 0.6) is 0 Å². The zero-order valence-electron chi connectivity index (χ0n) is 8.20. The Kier molecular flexibility index (Phi) is 3.56. The lowest BCUT2D eigenvalue weighted by atomic mass is 10.3. The van der Waals surface area contributed by atoms with Crippen molar-refractivity contribution >= 4 is 27.5 Å². The van der Waals surface area contributed by atoms with Crippen LogP contribution < -0.4 is 0 Å². The first-order valence-electron chi connectivity index (χ1n) is 4.63. The van der Waals surface area contributed by atoms with Crippen LogP contribution in [0.15, 0.2) is 24.4 Å². The molecule has 0 N–H and O–H groups in total. The highest BCUT2D eigenvalue weighted by Gasteiger charge is 2.07. The molecule has 1 heterocycles. The molecule has 0 atom stereocenters. The summed E-state index contributed by atoms with van der Waals surface area (Å²) >= 11 is 8.97. The number of benzene rings is 1. The third-order valence-corrected chi connectivity index (χ3v) is 2.68. The maximum Gasteiger partial charge on any atom is 0.150 e. The van der Waals surface area contributed by atoms with Crippen molar-refractivity contribution in [1.82, 2.24) is 15.0 Å². The molecule has 0 bridgehead atoms. The largest absolute Gasteiger partial charge is 0.217 e. The molecule has 3 nitrogen and oxygen atoms in total. The Bertz CT molecular complexity index is 501. The Morgan fingerprint density at radius 3 is 2.94 bits per heavy atom. The van der Waals surface area contributed by atoms with Crippen molar-refractivity contribution in [3.8, 4) is 5.69 Å². The number of hydrogen-bond donors (Lipinski definition) is 0. The van der Waals surface area contributed by atoms with Gasteiger partial charge in [0.1, 0.15) is 11.5 Å². The normalized spacial score (nSPS) is 10.7. The quantitative estimate of drug-likeness (QED) is 0.816. The Morgan fingerprint density at radius 1 is 1.44 bits per heavy atom. The van der Waals surface area contributed by atoms with Crippen LogP contribution in [0.3, 0.4) is 0 Å². The molecule has 0 spiro atoms. The summed E-state index contributed by atoms with van der Waals surface area (Å²) in [4.78, 5) is 0. The number of aryl methyl sites for hydroxylation is 1. The average Bonchev–Trinajstić information content (AvgIpc) is 2.67. The van der Waals surface area contributed by atoms with E-state index in [1.165, 1.54) is 10.7 Å². The first kappa shape index (κ1) is 11.5. The highest BCUT2D eigenvalue weighted by atomic mass is 79.9. The van der Waals surface area contributed by atoms with Crippen LogP contribution in [0, 0.1) is 5.82 Å². The van der Waals surface area contributed by atoms with E-state index < -0.39 is 5.82 Å². The van der Waals surface area contributed by atoms with Crippen LogP contribution in [0.1, 0.15) is 5.69 Å². The summed E-state index contributed by atoms with van der Waals surface area (Å²) in [7, 11) is 0. The van der Waals surface area contributed by atoms with Crippen LogP contribution in [-0.4, -0.2) is 20.3 Å². The van der Waals surface area contributed by atoms with Crippen molar-refractivity contribution in [1.29, 1.82) is 0 Å².